The first-order chi connectivity index (χ1) is 19.0. The number of nitrogens with one attached hydrogen (secondary N) is 1. The molecule has 0 bridgehead atoms. The third-order valence-electron chi connectivity index (χ3n) is 5.49. The highest BCUT2D eigenvalue weighted by Gasteiger charge is 2.28. The Balaban J connectivity index is 5.63. The van der Waals surface area contributed by atoms with Crippen LogP contribution in [-0.4, -0.2) is 157 Å². The number of carbonyl (C=O) groups excluding carboxylic acids is 2. The molecule has 2 atom stereocenters. The van der Waals surface area contributed by atoms with Crippen LogP contribution in [0.1, 0.15) is 25.7 Å². The smallest absolute Gasteiger partial charge is 0.320 e. The number of imide groups is 1. The van der Waals surface area contributed by atoms with Gasteiger partial charge in [0.25, 0.3) is 0 Å². The van der Waals surface area contributed by atoms with Gasteiger partial charge in [0.2, 0.25) is 11.8 Å². The number of hydrogen-bond donors (Lipinski definition) is 8. The molecule has 0 radical (unpaired) electrons. The van der Waals surface area contributed by atoms with Crippen LogP contribution in [0.4, 0.5) is 0 Å². The standard InChI is InChI=1S/C22H35N5O14/c23-13(21(38)39)1-3-15(28)24-16(29)4-2-14(22(40)41)27(7-5-25(9-17(30)31)10-18(32)33)8-6-26(11-19(34)35)12-20(36)37/h13-14H,1-12,23H2,(H,30,31)(H,32,33)(H,34,35)(H,36,37)(H,38,39)(H,40,41)(H,24,28,29)/t13-,14-/m0/s1. The first-order valence-electron chi connectivity index (χ1n) is 12.1. The summed E-state index contributed by atoms with van der Waals surface area (Å²) in [5.41, 5.74) is 5.29. The lowest BCUT2D eigenvalue weighted by molar-refractivity contribution is -0.146. The van der Waals surface area contributed by atoms with Crippen LogP contribution in [0, 0.1) is 0 Å². The molecule has 0 spiro atoms. The van der Waals surface area contributed by atoms with Crippen LogP contribution in [0.2, 0.25) is 0 Å². The molecule has 2 amide bonds. The zero-order valence-corrected chi connectivity index (χ0v) is 22.0. The van der Waals surface area contributed by atoms with Gasteiger partial charge in [-0.2, -0.15) is 0 Å². The summed E-state index contributed by atoms with van der Waals surface area (Å²) in [4.78, 5) is 94.6. The van der Waals surface area contributed by atoms with Gasteiger partial charge in [-0.05, 0) is 12.8 Å². The maximum atomic E-state index is 12.2. The average molecular weight is 594 g/mol. The minimum Gasteiger partial charge on any atom is -0.480 e. The molecule has 19 heteroatoms. The van der Waals surface area contributed by atoms with Crippen molar-refractivity contribution < 1.29 is 69.0 Å². The van der Waals surface area contributed by atoms with E-state index in [1.807, 2.05) is 5.32 Å². The fraction of sp³-hybridized carbons (Fsp3) is 0.636. The number of carbonyl (C=O) groups is 8. The van der Waals surface area contributed by atoms with E-state index in [0.717, 1.165) is 9.80 Å². The van der Waals surface area contributed by atoms with Crippen molar-refractivity contribution in [2.45, 2.75) is 37.8 Å². The molecular weight excluding hydrogens is 558 g/mol. The van der Waals surface area contributed by atoms with Gasteiger partial charge < -0.3 is 36.4 Å². The summed E-state index contributed by atoms with van der Waals surface area (Å²) in [6.07, 6.45) is -1.56. The number of rotatable bonds is 23. The van der Waals surface area contributed by atoms with Crippen molar-refractivity contribution in [1.29, 1.82) is 0 Å². The number of aliphatic carboxylic acids is 6. The number of carboxylic acid groups (broad SMARTS) is 6. The van der Waals surface area contributed by atoms with Gasteiger partial charge in [-0.3, -0.25) is 58.4 Å². The zero-order chi connectivity index (χ0) is 31.7. The van der Waals surface area contributed by atoms with Gasteiger partial charge in [-0.15, -0.1) is 0 Å². The second kappa shape index (κ2) is 19.0. The van der Waals surface area contributed by atoms with Gasteiger partial charge in [0, 0.05) is 39.0 Å². The van der Waals surface area contributed by atoms with Crippen molar-refractivity contribution in [1.82, 2.24) is 20.0 Å². The molecule has 0 fully saturated rings. The van der Waals surface area contributed by atoms with Crippen LogP contribution in [0.5, 0.6) is 0 Å². The Morgan fingerprint density at radius 1 is 0.561 bits per heavy atom. The van der Waals surface area contributed by atoms with Gasteiger partial charge in [-0.25, -0.2) is 0 Å². The third-order valence-corrected chi connectivity index (χ3v) is 5.49. The molecule has 0 rings (SSSR count). The summed E-state index contributed by atoms with van der Waals surface area (Å²) >= 11 is 0. The molecule has 0 aliphatic rings. The Labute approximate surface area is 233 Å². The number of hydrogen-bond acceptors (Lipinski definition) is 12. The number of nitrogens with zero attached hydrogens (tertiary/aromatic N) is 3. The molecule has 0 saturated carbocycles. The van der Waals surface area contributed by atoms with Gasteiger partial charge >= 0.3 is 35.8 Å². The van der Waals surface area contributed by atoms with E-state index in [2.05, 4.69) is 0 Å². The van der Waals surface area contributed by atoms with Crippen molar-refractivity contribution >= 4 is 47.6 Å². The second-order valence-corrected chi connectivity index (χ2v) is 8.88. The first kappa shape index (κ1) is 36.8. The quantitative estimate of drug-likeness (QED) is 0.0565. The highest BCUT2D eigenvalue weighted by atomic mass is 16.4. The third kappa shape index (κ3) is 17.9. The van der Waals surface area contributed by atoms with E-state index in [1.54, 1.807) is 0 Å². The molecule has 0 aliphatic heterocycles. The lowest BCUT2D eigenvalue weighted by atomic mass is 10.1. The Bertz CT molecular complexity index is 902. The average Bonchev–Trinajstić information content (AvgIpc) is 2.81. The summed E-state index contributed by atoms with van der Waals surface area (Å²) < 4.78 is 0. The number of amides is 2. The van der Waals surface area contributed by atoms with E-state index in [9.17, 15) is 43.5 Å². The van der Waals surface area contributed by atoms with Crippen molar-refractivity contribution in [2.75, 3.05) is 52.4 Å². The fourth-order valence-corrected chi connectivity index (χ4v) is 3.58. The van der Waals surface area contributed by atoms with E-state index in [1.165, 1.54) is 4.90 Å². The molecule has 41 heavy (non-hydrogen) atoms. The fourth-order valence-electron chi connectivity index (χ4n) is 3.58. The van der Waals surface area contributed by atoms with Crippen molar-refractivity contribution in [3.8, 4) is 0 Å². The Hall–Kier alpha value is -4.20. The van der Waals surface area contributed by atoms with Crippen LogP contribution in [-0.2, 0) is 38.4 Å². The van der Waals surface area contributed by atoms with E-state index in [4.69, 9.17) is 31.3 Å². The Kier molecular flexibility index (Phi) is 17.0. The SMILES string of the molecule is N[C@@H](CCC(=O)NC(=O)CC[C@@H](C(=O)O)N(CCN(CC(=O)O)CC(=O)O)CCN(CC(=O)O)CC(=O)O)C(=O)O. The van der Waals surface area contributed by atoms with Crippen molar-refractivity contribution in [3.05, 3.63) is 0 Å². The minimum absolute atomic E-state index is 0.258. The van der Waals surface area contributed by atoms with E-state index in [0.29, 0.717) is 0 Å². The highest BCUT2D eigenvalue weighted by Crippen LogP contribution is 2.10. The van der Waals surface area contributed by atoms with Crippen molar-refractivity contribution in [2.24, 2.45) is 5.73 Å². The lowest BCUT2D eigenvalue weighted by Gasteiger charge is -2.32. The minimum atomic E-state index is -1.47. The van der Waals surface area contributed by atoms with E-state index >= 15 is 0 Å². The van der Waals surface area contributed by atoms with Crippen LogP contribution in [0.25, 0.3) is 0 Å². The Morgan fingerprint density at radius 3 is 1.24 bits per heavy atom. The number of carboxylic acids is 6. The van der Waals surface area contributed by atoms with Gasteiger partial charge in [-0.1, -0.05) is 0 Å². The van der Waals surface area contributed by atoms with Crippen LogP contribution < -0.4 is 11.1 Å². The normalized spacial score (nSPS) is 12.6. The van der Waals surface area contributed by atoms with Gasteiger partial charge in [0.15, 0.2) is 0 Å². The molecule has 0 aromatic carbocycles. The first-order valence-corrected chi connectivity index (χ1v) is 12.1. The molecule has 0 unspecified atom stereocenters. The molecular formula is C22H35N5O14. The lowest BCUT2D eigenvalue weighted by Crippen LogP contribution is -2.50. The predicted molar refractivity (Wildman–Crippen MR) is 134 cm³/mol. The maximum absolute atomic E-state index is 12.2. The molecule has 232 valence electrons. The summed E-state index contributed by atoms with van der Waals surface area (Å²) in [6.45, 7) is -3.85. The summed E-state index contributed by atoms with van der Waals surface area (Å²) in [5.74, 6) is -9.95. The zero-order valence-electron chi connectivity index (χ0n) is 22.0. The Morgan fingerprint density at radius 2 is 0.927 bits per heavy atom. The van der Waals surface area contributed by atoms with E-state index in [-0.39, 0.29) is 39.0 Å². The maximum Gasteiger partial charge on any atom is 0.320 e. The molecule has 9 N–H and O–H groups in total. The molecule has 0 aromatic heterocycles. The van der Waals surface area contributed by atoms with Gasteiger partial charge in [0.05, 0.1) is 26.2 Å². The van der Waals surface area contributed by atoms with Crippen LogP contribution >= 0.6 is 0 Å². The molecule has 0 aromatic rings. The highest BCUT2D eigenvalue weighted by molar-refractivity contribution is 5.95. The van der Waals surface area contributed by atoms with Crippen LogP contribution in [0.3, 0.4) is 0 Å². The van der Waals surface area contributed by atoms with Crippen LogP contribution in [0.15, 0.2) is 0 Å². The summed E-state index contributed by atoms with van der Waals surface area (Å²) in [7, 11) is 0. The van der Waals surface area contributed by atoms with Crippen molar-refractivity contribution in [3.63, 3.8) is 0 Å². The predicted octanol–water partition coefficient (Wildman–Crippen LogP) is -3.70. The van der Waals surface area contributed by atoms with Gasteiger partial charge in [0.1, 0.15) is 12.1 Å². The van der Waals surface area contributed by atoms with E-state index < -0.39 is 98.7 Å². The number of nitrogens with two attached hydrogens (primary N) is 1. The molecule has 19 nitrogen and oxygen atoms in total. The molecule has 0 aliphatic carbocycles. The molecule has 0 heterocycles. The topological polar surface area (TPSA) is 306 Å². The second-order valence-electron chi connectivity index (χ2n) is 8.88. The summed E-state index contributed by atoms with van der Waals surface area (Å²) in [6, 6.07) is -2.80. The molecule has 0 saturated heterocycles. The largest absolute Gasteiger partial charge is 0.480 e. The summed E-state index contributed by atoms with van der Waals surface area (Å²) in [5, 5.41) is 56.8. The monoisotopic (exact) mass is 593 g/mol.